The van der Waals surface area contributed by atoms with Crippen LogP contribution in [0.1, 0.15) is 37.5 Å². The van der Waals surface area contributed by atoms with Crippen molar-refractivity contribution < 1.29 is 9.59 Å². The minimum atomic E-state index is -0.120. The topological polar surface area (TPSA) is 40.6 Å². The molecule has 1 saturated heterocycles. The van der Waals surface area contributed by atoms with Crippen LogP contribution < -0.4 is 0 Å². The summed E-state index contributed by atoms with van der Waals surface area (Å²) in [5.41, 5.74) is 1.25. The number of carbonyl (C=O) groups excluding carboxylic acids is 2. The van der Waals surface area contributed by atoms with Crippen LogP contribution in [-0.2, 0) is 9.59 Å². The predicted molar refractivity (Wildman–Crippen MR) is 83.7 cm³/mol. The summed E-state index contributed by atoms with van der Waals surface area (Å²) in [5, 5.41) is 1.95. The van der Waals surface area contributed by atoms with Crippen LogP contribution in [-0.4, -0.2) is 41.2 Å². The maximum absolute atomic E-state index is 12.7. The van der Waals surface area contributed by atoms with Crippen molar-refractivity contribution in [2.75, 3.05) is 19.6 Å². The Balaban J connectivity index is 2.03. The first-order chi connectivity index (χ1) is 10.2. The maximum atomic E-state index is 12.7. The van der Waals surface area contributed by atoms with Crippen molar-refractivity contribution in [3.63, 3.8) is 0 Å². The highest BCUT2D eigenvalue weighted by Gasteiger charge is 2.41. The van der Waals surface area contributed by atoms with E-state index in [1.165, 1.54) is 22.7 Å². The number of likely N-dealkylation sites (tertiary alicyclic amines) is 1. The molecule has 0 saturated carbocycles. The lowest BCUT2D eigenvalue weighted by atomic mass is 10.1. The summed E-state index contributed by atoms with van der Waals surface area (Å²) in [4.78, 5) is 29.9. The molecular weight excluding hydrogens is 284 g/mol. The summed E-state index contributed by atoms with van der Waals surface area (Å²) in [6, 6.07) is 3.87. The van der Waals surface area contributed by atoms with Crippen molar-refractivity contribution in [3.8, 4) is 0 Å². The van der Waals surface area contributed by atoms with E-state index in [1.807, 2.05) is 24.4 Å². The molecule has 1 fully saturated rings. The van der Waals surface area contributed by atoms with Gasteiger partial charge < -0.3 is 4.90 Å². The van der Waals surface area contributed by atoms with Gasteiger partial charge in [-0.05, 0) is 37.1 Å². The fourth-order valence-corrected chi connectivity index (χ4v) is 3.81. The first-order valence-corrected chi connectivity index (χ1v) is 8.51. The van der Waals surface area contributed by atoms with Gasteiger partial charge in [0.1, 0.15) is 5.70 Å². The number of amides is 2. The number of piperidine rings is 1. The van der Waals surface area contributed by atoms with Crippen molar-refractivity contribution in [1.29, 1.82) is 0 Å². The van der Waals surface area contributed by atoms with E-state index in [4.69, 9.17) is 0 Å². The molecule has 0 radical (unpaired) electrons. The Hall–Kier alpha value is -1.62. The summed E-state index contributed by atoms with van der Waals surface area (Å²) in [7, 11) is 0. The number of carbonyl (C=O) groups is 2. The third kappa shape index (κ3) is 2.50. The molecule has 2 amide bonds. The number of nitrogens with zero attached hydrogens (tertiary/aromatic N) is 2. The standard InChI is InChI=1S/C16H20N2O2S/c1-2-8-18-15(19)13(12-7-6-11-21-12)14(16(18)20)17-9-4-3-5-10-17/h6-7,11H,2-5,8-10H2,1H3. The molecule has 0 spiro atoms. The van der Waals surface area contributed by atoms with Crippen molar-refractivity contribution in [2.45, 2.75) is 32.6 Å². The normalized spacial score (nSPS) is 19.9. The highest BCUT2D eigenvalue weighted by molar-refractivity contribution is 7.11. The third-order valence-corrected chi connectivity index (χ3v) is 4.92. The third-order valence-electron chi connectivity index (χ3n) is 4.03. The van der Waals surface area contributed by atoms with Gasteiger partial charge in [0.15, 0.2) is 0 Å². The van der Waals surface area contributed by atoms with Crippen molar-refractivity contribution in [2.24, 2.45) is 0 Å². The minimum Gasteiger partial charge on any atom is -0.366 e. The number of hydrogen-bond donors (Lipinski definition) is 0. The molecule has 0 atom stereocenters. The lowest BCUT2D eigenvalue weighted by Gasteiger charge is -2.29. The Morgan fingerprint density at radius 2 is 1.90 bits per heavy atom. The molecule has 4 nitrogen and oxygen atoms in total. The van der Waals surface area contributed by atoms with Crippen LogP contribution in [0, 0.1) is 0 Å². The highest BCUT2D eigenvalue weighted by Crippen LogP contribution is 2.34. The molecule has 112 valence electrons. The van der Waals surface area contributed by atoms with Gasteiger partial charge in [-0.15, -0.1) is 11.3 Å². The largest absolute Gasteiger partial charge is 0.366 e. The minimum absolute atomic E-state index is 0.104. The Morgan fingerprint density at radius 3 is 2.52 bits per heavy atom. The van der Waals surface area contributed by atoms with E-state index < -0.39 is 0 Å². The second kappa shape index (κ2) is 6.02. The van der Waals surface area contributed by atoms with Crippen LogP contribution in [0.3, 0.4) is 0 Å². The number of rotatable bonds is 4. The quantitative estimate of drug-likeness (QED) is 0.803. The molecule has 3 heterocycles. The van der Waals surface area contributed by atoms with Gasteiger partial charge >= 0.3 is 0 Å². The molecule has 3 rings (SSSR count). The van der Waals surface area contributed by atoms with Crippen LogP contribution in [0.4, 0.5) is 0 Å². The molecule has 0 unspecified atom stereocenters. The molecule has 0 bridgehead atoms. The maximum Gasteiger partial charge on any atom is 0.277 e. The average molecular weight is 304 g/mol. The van der Waals surface area contributed by atoms with Crippen LogP contribution in [0.5, 0.6) is 0 Å². The van der Waals surface area contributed by atoms with E-state index in [-0.39, 0.29) is 11.8 Å². The zero-order chi connectivity index (χ0) is 14.8. The Labute approximate surface area is 129 Å². The second-order valence-corrected chi connectivity index (χ2v) is 6.46. The molecule has 2 aliphatic rings. The molecule has 0 aliphatic carbocycles. The Bertz CT molecular complexity index is 571. The van der Waals surface area contributed by atoms with Crippen molar-refractivity contribution in [1.82, 2.24) is 9.80 Å². The SMILES string of the molecule is CCCN1C(=O)C(c2cccs2)=C(N2CCCCC2)C1=O. The Kier molecular flexibility index (Phi) is 4.10. The van der Waals surface area contributed by atoms with Gasteiger partial charge in [0.05, 0.1) is 5.57 Å². The van der Waals surface area contributed by atoms with E-state index in [0.717, 1.165) is 37.2 Å². The van der Waals surface area contributed by atoms with E-state index in [0.29, 0.717) is 17.8 Å². The predicted octanol–water partition coefficient (Wildman–Crippen LogP) is 2.72. The molecule has 0 aromatic carbocycles. The zero-order valence-electron chi connectivity index (χ0n) is 12.3. The number of hydrogen-bond acceptors (Lipinski definition) is 4. The van der Waals surface area contributed by atoms with E-state index in [9.17, 15) is 9.59 Å². The van der Waals surface area contributed by atoms with Gasteiger partial charge in [0.2, 0.25) is 0 Å². The van der Waals surface area contributed by atoms with Crippen LogP contribution in [0.25, 0.3) is 5.57 Å². The van der Waals surface area contributed by atoms with Gasteiger partial charge in [0, 0.05) is 24.5 Å². The van der Waals surface area contributed by atoms with E-state index >= 15 is 0 Å². The van der Waals surface area contributed by atoms with Gasteiger partial charge in [-0.1, -0.05) is 13.0 Å². The number of thiophene rings is 1. The first-order valence-electron chi connectivity index (χ1n) is 7.63. The molecule has 5 heteroatoms. The van der Waals surface area contributed by atoms with Crippen LogP contribution >= 0.6 is 11.3 Å². The first kappa shape index (κ1) is 14.3. The van der Waals surface area contributed by atoms with Gasteiger partial charge in [-0.2, -0.15) is 0 Å². The summed E-state index contributed by atoms with van der Waals surface area (Å²) in [6.45, 7) is 4.25. The fourth-order valence-electron chi connectivity index (χ4n) is 3.04. The van der Waals surface area contributed by atoms with Gasteiger partial charge in [0.25, 0.3) is 11.8 Å². The molecule has 0 N–H and O–H groups in total. The van der Waals surface area contributed by atoms with E-state index in [2.05, 4.69) is 4.90 Å². The zero-order valence-corrected chi connectivity index (χ0v) is 13.1. The Morgan fingerprint density at radius 1 is 1.14 bits per heavy atom. The molecular formula is C16H20N2O2S. The average Bonchev–Trinajstić information content (AvgIpc) is 3.10. The summed E-state index contributed by atoms with van der Waals surface area (Å²) in [6.07, 6.45) is 4.19. The lowest BCUT2D eigenvalue weighted by molar-refractivity contribution is -0.137. The monoisotopic (exact) mass is 304 g/mol. The smallest absolute Gasteiger partial charge is 0.277 e. The highest BCUT2D eigenvalue weighted by atomic mass is 32.1. The van der Waals surface area contributed by atoms with Crippen LogP contribution in [0.15, 0.2) is 23.2 Å². The van der Waals surface area contributed by atoms with Crippen molar-refractivity contribution in [3.05, 3.63) is 28.1 Å². The summed E-state index contributed by atoms with van der Waals surface area (Å²) >= 11 is 1.53. The van der Waals surface area contributed by atoms with Crippen molar-refractivity contribution >= 4 is 28.7 Å². The summed E-state index contributed by atoms with van der Waals surface area (Å²) < 4.78 is 0. The fraction of sp³-hybridized carbons (Fsp3) is 0.500. The van der Waals surface area contributed by atoms with Gasteiger partial charge in [-0.3, -0.25) is 14.5 Å². The van der Waals surface area contributed by atoms with Gasteiger partial charge in [-0.25, -0.2) is 0 Å². The number of imide groups is 1. The lowest BCUT2D eigenvalue weighted by Crippen LogP contribution is -2.37. The van der Waals surface area contributed by atoms with Crippen LogP contribution in [0.2, 0.25) is 0 Å². The van der Waals surface area contributed by atoms with E-state index in [1.54, 1.807) is 0 Å². The molecule has 21 heavy (non-hydrogen) atoms. The summed E-state index contributed by atoms with van der Waals surface area (Å²) in [5.74, 6) is -0.225. The molecule has 1 aromatic heterocycles. The second-order valence-electron chi connectivity index (χ2n) is 5.51. The molecule has 2 aliphatic heterocycles. The molecule has 1 aromatic rings.